The first kappa shape index (κ1) is 7.61. The molecule has 1 aliphatic carbocycles. The molecule has 0 atom stereocenters. The minimum Gasteiger partial charge on any atom is -0.321 e. The zero-order valence-corrected chi connectivity index (χ0v) is 6.35. The van der Waals surface area contributed by atoms with Crippen LogP contribution in [0.1, 0.15) is 18.4 Å². The van der Waals surface area contributed by atoms with Crippen LogP contribution in [0.5, 0.6) is 0 Å². The van der Waals surface area contributed by atoms with Crippen LogP contribution in [0.2, 0.25) is 0 Å². The third kappa shape index (κ3) is 1.08. The van der Waals surface area contributed by atoms with Crippen molar-refractivity contribution in [2.45, 2.75) is 18.4 Å². The zero-order chi connectivity index (χ0) is 8.77. The third-order valence-electron chi connectivity index (χ3n) is 2.14. The van der Waals surface area contributed by atoms with Gasteiger partial charge in [-0.05, 0) is 25.0 Å². The largest absolute Gasteiger partial charge is 0.321 e. The van der Waals surface area contributed by atoms with Gasteiger partial charge < -0.3 is 5.73 Å². The molecule has 0 unspecified atom stereocenters. The van der Waals surface area contributed by atoms with Gasteiger partial charge in [-0.3, -0.25) is 0 Å². The summed E-state index contributed by atoms with van der Waals surface area (Å²) in [7, 11) is 0. The van der Waals surface area contributed by atoms with Crippen LogP contribution in [0.15, 0.2) is 12.1 Å². The fourth-order valence-electron chi connectivity index (χ4n) is 1.19. The highest BCUT2D eigenvalue weighted by Gasteiger charge is 2.42. The molecule has 0 radical (unpaired) electrons. The van der Waals surface area contributed by atoms with Crippen LogP contribution < -0.4 is 5.73 Å². The van der Waals surface area contributed by atoms with Gasteiger partial charge in [-0.1, -0.05) is 0 Å². The number of nitrogens with two attached hydrogens (primary N) is 1. The molecular formula is C8H8F2N2. The first-order chi connectivity index (χ1) is 5.62. The molecule has 12 heavy (non-hydrogen) atoms. The number of hydrogen-bond acceptors (Lipinski definition) is 2. The van der Waals surface area contributed by atoms with Crippen molar-refractivity contribution in [1.82, 2.24) is 4.98 Å². The normalized spacial score (nSPS) is 19.2. The molecule has 1 aromatic rings. The van der Waals surface area contributed by atoms with Gasteiger partial charge in [-0.2, -0.15) is 13.8 Å². The lowest BCUT2D eigenvalue weighted by Crippen LogP contribution is -2.21. The molecule has 0 spiro atoms. The van der Waals surface area contributed by atoms with E-state index in [1.54, 1.807) is 0 Å². The molecular weight excluding hydrogens is 162 g/mol. The number of nitrogens with zero attached hydrogens (tertiary/aromatic N) is 1. The van der Waals surface area contributed by atoms with Crippen LogP contribution in [0.25, 0.3) is 0 Å². The fourth-order valence-corrected chi connectivity index (χ4v) is 1.19. The van der Waals surface area contributed by atoms with E-state index >= 15 is 0 Å². The Bertz CT molecular complexity index is 321. The molecule has 0 saturated heterocycles. The third-order valence-corrected chi connectivity index (χ3v) is 2.14. The molecule has 4 heteroatoms. The van der Waals surface area contributed by atoms with Crippen molar-refractivity contribution in [2.75, 3.05) is 0 Å². The summed E-state index contributed by atoms with van der Waals surface area (Å²) >= 11 is 0. The minimum atomic E-state index is -0.805. The van der Waals surface area contributed by atoms with E-state index in [4.69, 9.17) is 5.73 Å². The summed E-state index contributed by atoms with van der Waals surface area (Å²) in [5.74, 6) is -1.59. The van der Waals surface area contributed by atoms with E-state index in [1.165, 1.54) is 6.07 Å². The molecule has 2 rings (SSSR count). The van der Waals surface area contributed by atoms with Crippen molar-refractivity contribution in [1.29, 1.82) is 0 Å². The second-order valence-electron chi connectivity index (χ2n) is 3.13. The molecule has 1 aromatic heterocycles. The van der Waals surface area contributed by atoms with E-state index in [1.807, 2.05) is 0 Å². The van der Waals surface area contributed by atoms with Crippen molar-refractivity contribution in [3.63, 3.8) is 0 Å². The van der Waals surface area contributed by atoms with Crippen molar-refractivity contribution in [2.24, 2.45) is 5.73 Å². The van der Waals surface area contributed by atoms with Gasteiger partial charge in [-0.25, -0.2) is 0 Å². The van der Waals surface area contributed by atoms with Gasteiger partial charge in [0, 0.05) is 11.1 Å². The zero-order valence-electron chi connectivity index (χ0n) is 6.35. The van der Waals surface area contributed by atoms with E-state index in [0.717, 1.165) is 18.9 Å². The summed E-state index contributed by atoms with van der Waals surface area (Å²) in [5.41, 5.74) is 5.46. The molecule has 1 fully saturated rings. The maximum absolute atomic E-state index is 13.0. The Morgan fingerprint density at radius 3 is 2.50 bits per heavy atom. The Morgan fingerprint density at radius 1 is 1.33 bits per heavy atom. The molecule has 0 amide bonds. The van der Waals surface area contributed by atoms with Crippen LogP contribution in [-0.4, -0.2) is 4.98 Å². The Balaban J connectivity index is 2.45. The monoisotopic (exact) mass is 170 g/mol. The van der Waals surface area contributed by atoms with Gasteiger partial charge in [-0.15, -0.1) is 0 Å². The van der Waals surface area contributed by atoms with Gasteiger partial charge in [0.1, 0.15) is 0 Å². The van der Waals surface area contributed by atoms with E-state index in [9.17, 15) is 8.78 Å². The quantitative estimate of drug-likeness (QED) is 0.645. The number of halogens is 2. The molecule has 2 N–H and O–H groups in total. The number of rotatable bonds is 1. The molecule has 0 aliphatic heterocycles. The van der Waals surface area contributed by atoms with Gasteiger partial charge in [0.15, 0.2) is 0 Å². The van der Waals surface area contributed by atoms with E-state index in [0.29, 0.717) is 5.56 Å². The standard InChI is InChI=1S/C8H8F2N2/c9-6-2-1-5(7(10)12-6)8(11)3-4-8/h1-2H,3-4,11H2. The molecule has 0 aromatic carbocycles. The molecule has 1 aliphatic rings. The summed E-state index contributed by atoms with van der Waals surface area (Å²) in [6.45, 7) is 0. The number of aromatic nitrogens is 1. The summed E-state index contributed by atoms with van der Waals surface area (Å²) in [6.07, 6.45) is 1.49. The Kier molecular flexibility index (Phi) is 1.41. The minimum absolute atomic E-state index is 0.323. The van der Waals surface area contributed by atoms with E-state index < -0.39 is 17.4 Å². The van der Waals surface area contributed by atoms with Gasteiger partial charge in [0.25, 0.3) is 0 Å². The molecule has 64 valence electrons. The van der Waals surface area contributed by atoms with Crippen LogP contribution in [0, 0.1) is 11.9 Å². The van der Waals surface area contributed by atoms with Gasteiger partial charge in [0.2, 0.25) is 11.9 Å². The highest BCUT2D eigenvalue weighted by Crippen LogP contribution is 2.43. The van der Waals surface area contributed by atoms with Crippen molar-refractivity contribution < 1.29 is 8.78 Å². The lowest BCUT2D eigenvalue weighted by atomic mass is 10.1. The van der Waals surface area contributed by atoms with Crippen LogP contribution >= 0.6 is 0 Å². The topological polar surface area (TPSA) is 38.9 Å². The first-order valence-electron chi connectivity index (χ1n) is 3.73. The highest BCUT2D eigenvalue weighted by atomic mass is 19.1. The maximum atomic E-state index is 13.0. The Morgan fingerprint density at radius 2 is 2.00 bits per heavy atom. The fraction of sp³-hybridized carbons (Fsp3) is 0.375. The summed E-state index contributed by atoms with van der Waals surface area (Å²) < 4.78 is 25.3. The number of hydrogen-bond donors (Lipinski definition) is 1. The highest BCUT2D eigenvalue weighted by molar-refractivity contribution is 5.27. The number of pyridine rings is 1. The van der Waals surface area contributed by atoms with Crippen LogP contribution in [0.3, 0.4) is 0 Å². The second kappa shape index (κ2) is 2.23. The van der Waals surface area contributed by atoms with E-state index in [2.05, 4.69) is 4.98 Å². The molecule has 0 bridgehead atoms. The summed E-state index contributed by atoms with van der Waals surface area (Å²) in [6, 6.07) is 2.50. The van der Waals surface area contributed by atoms with E-state index in [-0.39, 0.29) is 0 Å². The summed E-state index contributed by atoms with van der Waals surface area (Å²) in [5, 5.41) is 0. The van der Waals surface area contributed by atoms with Crippen molar-refractivity contribution >= 4 is 0 Å². The van der Waals surface area contributed by atoms with Crippen molar-refractivity contribution in [3.8, 4) is 0 Å². The Labute approximate surface area is 68.4 Å². The SMILES string of the molecule is NC1(c2ccc(F)nc2F)CC1. The molecule has 2 nitrogen and oxygen atoms in total. The average molecular weight is 170 g/mol. The van der Waals surface area contributed by atoms with Gasteiger partial charge >= 0.3 is 0 Å². The molecule has 1 heterocycles. The van der Waals surface area contributed by atoms with Gasteiger partial charge in [0.05, 0.1) is 0 Å². The smallest absolute Gasteiger partial charge is 0.220 e. The lowest BCUT2D eigenvalue weighted by Gasteiger charge is -2.08. The lowest BCUT2D eigenvalue weighted by molar-refractivity contribution is 0.489. The Hall–Kier alpha value is -1.03. The average Bonchev–Trinajstić information content (AvgIpc) is 2.68. The predicted molar refractivity (Wildman–Crippen MR) is 39.3 cm³/mol. The van der Waals surface area contributed by atoms with Crippen molar-refractivity contribution in [3.05, 3.63) is 29.6 Å². The second-order valence-corrected chi connectivity index (χ2v) is 3.13. The van der Waals surface area contributed by atoms with Crippen LogP contribution in [0.4, 0.5) is 8.78 Å². The predicted octanol–water partition coefficient (Wildman–Crippen LogP) is 1.31. The first-order valence-corrected chi connectivity index (χ1v) is 3.73. The maximum Gasteiger partial charge on any atom is 0.220 e. The van der Waals surface area contributed by atoms with Crippen LogP contribution in [-0.2, 0) is 5.54 Å². The molecule has 1 saturated carbocycles. The summed E-state index contributed by atoms with van der Waals surface area (Å²) in [4.78, 5) is 3.07.